The zero-order valence-corrected chi connectivity index (χ0v) is 22.6. The molecule has 0 amide bonds. The van der Waals surface area contributed by atoms with E-state index in [1.54, 1.807) is 13.8 Å². The van der Waals surface area contributed by atoms with Crippen LogP contribution in [0.5, 0.6) is 0 Å². The number of allylic oxidation sites excluding steroid dienone is 1. The van der Waals surface area contributed by atoms with Crippen LogP contribution in [0.2, 0.25) is 0 Å². The predicted molar refractivity (Wildman–Crippen MR) is 146 cm³/mol. The molecule has 0 saturated heterocycles. The molecule has 1 aromatic heterocycles. The van der Waals surface area contributed by atoms with Crippen molar-refractivity contribution in [3.63, 3.8) is 0 Å². The molecule has 3 aromatic rings. The molecule has 2 aromatic carbocycles. The average Bonchev–Trinajstić information content (AvgIpc) is 3.33. The van der Waals surface area contributed by atoms with E-state index >= 15 is 0 Å². The minimum absolute atomic E-state index is 0.219. The highest BCUT2D eigenvalue weighted by molar-refractivity contribution is 7.14. The summed E-state index contributed by atoms with van der Waals surface area (Å²) in [6.45, 7) is 9.82. The van der Waals surface area contributed by atoms with Crippen LogP contribution in [-0.2, 0) is 24.6 Å². The van der Waals surface area contributed by atoms with E-state index in [1.165, 1.54) is 16.9 Å². The zero-order valence-electron chi connectivity index (χ0n) is 21.8. The van der Waals surface area contributed by atoms with Gasteiger partial charge in [0.25, 0.3) is 0 Å². The number of esters is 2. The molecular formula is C29H33N3O4S. The van der Waals surface area contributed by atoms with Gasteiger partial charge >= 0.3 is 11.9 Å². The molecule has 0 aliphatic carbocycles. The maximum absolute atomic E-state index is 13.6. The summed E-state index contributed by atoms with van der Waals surface area (Å²) in [4.78, 5) is 31.6. The number of nitrogens with zero attached hydrogens (tertiary/aromatic N) is 1. The molecule has 0 bridgehead atoms. The summed E-state index contributed by atoms with van der Waals surface area (Å²) in [6, 6.07) is 17.1. The Morgan fingerprint density at radius 3 is 2.35 bits per heavy atom. The lowest BCUT2D eigenvalue weighted by Crippen LogP contribution is -2.60. The van der Waals surface area contributed by atoms with E-state index in [1.807, 2.05) is 80.7 Å². The molecule has 0 spiro atoms. The highest BCUT2D eigenvalue weighted by atomic mass is 32.1. The van der Waals surface area contributed by atoms with Crippen molar-refractivity contribution in [2.45, 2.75) is 46.2 Å². The smallest absolute Gasteiger partial charge is 0.337 e. The van der Waals surface area contributed by atoms with Gasteiger partial charge in [-0.25, -0.2) is 9.78 Å². The summed E-state index contributed by atoms with van der Waals surface area (Å²) >= 11 is 1.42. The molecule has 194 valence electrons. The van der Waals surface area contributed by atoms with Gasteiger partial charge in [-0.15, -0.1) is 11.3 Å². The number of benzene rings is 2. The van der Waals surface area contributed by atoms with E-state index < -0.39 is 29.4 Å². The van der Waals surface area contributed by atoms with Gasteiger partial charge in [-0.2, -0.15) is 0 Å². The summed E-state index contributed by atoms with van der Waals surface area (Å²) in [5.74, 6) is -1.68. The van der Waals surface area contributed by atoms with Crippen molar-refractivity contribution in [2.75, 3.05) is 18.5 Å². The van der Waals surface area contributed by atoms with Gasteiger partial charge < -0.3 is 20.1 Å². The van der Waals surface area contributed by atoms with Crippen LogP contribution in [0.15, 0.2) is 71.2 Å². The Hall–Kier alpha value is -3.65. The Morgan fingerprint density at radius 1 is 1.03 bits per heavy atom. The number of nitrogens with one attached hydrogen (secondary N) is 2. The van der Waals surface area contributed by atoms with Crippen LogP contribution in [0.1, 0.15) is 38.8 Å². The first-order valence-electron chi connectivity index (χ1n) is 12.5. The van der Waals surface area contributed by atoms with Crippen molar-refractivity contribution >= 4 is 28.4 Å². The Bertz CT molecular complexity index is 1290. The molecule has 1 aliphatic heterocycles. The Balaban J connectivity index is 1.81. The van der Waals surface area contributed by atoms with E-state index in [2.05, 4.69) is 10.6 Å². The van der Waals surface area contributed by atoms with E-state index in [0.717, 1.165) is 16.8 Å². The number of carbonyl (C=O) groups is 2. The highest BCUT2D eigenvalue weighted by Crippen LogP contribution is 2.42. The minimum Gasteiger partial charge on any atom is -0.466 e. The number of rotatable bonds is 8. The van der Waals surface area contributed by atoms with Crippen LogP contribution >= 0.6 is 11.3 Å². The number of anilines is 1. The monoisotopic (exact) mass is 519 g/mol. The quantitative estimate of drug-likeness (QED) is 0.383. The maximum atomic E-state index is 13.6. The molecule has 2 N–H and O–H groups in total. The van der Waals surface area contributed by atoms with E-state index in [9.17, 15) is 9.59 Å². The van der Waals surface area contributed by atoms with Crippen LogP contribution in [0.3, 0.4) is 0 Å². The SMILES string of the molecule is CCOC(=O)C1=C(C)NC(C)(c2ccccc2)C(C(=O)OCC)C1Nc1nc(-c2ccc(C)cc2)cs1. The van der Waals surface area contributed by atoms with E-state index in [4.69, 9.17) is 14.5 Å². The van der Waals surface area contributed by atoms with Gasteiger partial charge in [-0.1, -0.05) is 60.2 Å². The second kappa shape index (κ2) is 11.2. The molecule has 7 nitrogen and oxygen atoms in total. The summed E-state index contributed by atoms with van der Waals surface area (Å²) in [5.41, 5.74) is 4.03. The molecule has 37 heavy (non-hydrogen) atoms. The topological polar surface area (TPSA) is 89.5 Å². The van der Waals surface area contributed by atoms with Gasteiger partial charge in [-0.3, -0.25) is 4.79 Å². The normalized spacial score (nSPS) is 21.2. The van der Waals surface area contributed by atoms with Crippen molar-refractivity contribution in [2.24, 2.45) is 5.92 Å². The number of hydrogen-bond acceptors (Lipinski definition) is 8. The van der Waals surface area contributed by atoms with Crippen molar-refractivity contribution in [1.29, 1.82) is 0 Å². The molecule has 1 aliphatic rings. The van der Waals surface area contributed by atoms with Crippen LogP contribution in [0.25, 0.3) is 11.3 Å². The fourth-order valence-corrected chi connectivity index (χ4v) is 5.64. The van der Waals surface area contributed by atoms with Gasteiger partial charge in [0.2, 0.25) is 0 Å². The zero-order chi connectivity index (χ0) is 26.6. The maximum Gasteiger partial charge on any atom is 0.337 e. The molecular weight excluding hydrogens is 486 g/mol. The van der Waals surface area contributed by atoms with Crippen LogP contribution in [0.4, 0.5) is 5.13 Å². The molecule has 2 heterocycles. The Morgan fingerprint density at radius 2 is 1.70 bits per heavy atom. The van der Waals surface area contributed by atoms with Crippen molar-refractivity contribution in [3.05, 3.63) is 82.4 Å². The first-order chi connectivity index (χ1) is 17.8. The van der Waals surface area contributed by atoms with Gasteiger partial charge in [-0.05, 0) is 40.2 Å². The first kappa shape index (κ1) is 26.4. The number of ether oxygens (including phenoxy) is 2. The lowest BCUT2D eigenvalue weighted by Gasteiger charge is -2.47. The summed E-state index contributed by atoms with van der Waals surface area (Å²) in [6.07, 6.45) is 0. The summed E-state index contributed by atoms with van der Waals surface area (Å²) < 4.78 is 11.0. The molecule has 3 unspecified atom stereocenters. The van der Waals surface area contributed by atoms with E-state index in [-0.39, 0.29) is 13.2 Å². The Labute approximate surface area is 221 Å². The molecule has 8 heteroatoms. The largest absolute Gasteiger partial charge is 0.466 e. The third-order valence-electron chi connectivity index (χ3n) is 6.66. The van der Waals surface area contributed by atoms with E-state index in [0.29, 0.717) is 16.4 Å². The van der Waals surface area contributed by atoms with Gasteiger partial charge in [0.05, 0.1) is 36.1 Å². The average molecular weight is 520 g/mol. The third kappa shape index (κ3) is 5.39. The van der Waals surface area contributed by atoms with Crippen LogP contribution < -0.4 is 10.6 Å². The van der Waals surface area contributed by atoms with Crippen LogP contribution in [-0.4, -0.2) is 36.2 Å². The predicted octanol–water partition coefficient (Wildman–Crippen LogP) is 5.43. The molecule has 3 atom stereocenters. The molecule has 4 rings (SSSR count). The minimum atomic E-state index is -0.859. The molecule has 0 radical (unpaired) electrons. The van der Waals surface area contributed by atoms with Gasteiger partial charge in [0, 0.05) is 16.6 Å². The number of hydrogen-bond donors (Lipinski definition) is 2. The number of aromatic nitrogens is 1. The summed E-state index contributed by atoms with van der Waals surface area (Å²) in [5, 5.41) is 9.45. The van der Waals surface area contributed by atoms with Gasteiger partial charge in [0.1, 0.15) is 5.92 Å². The lowest BCUT2D eigenvalue weighted by molar-refractivity contribution is -0.152. The van der Waals surface area contributed by atoms with Crippen molar-refractivity contribution < 1.29 is 19.1 Å². The molecule has 0 fully saturated rings. The standard InChI is InChI=1S/C29H33N3O4S/c1-6-35-26(33)23-19(4)32-29(5,21-11-9-8-10-12-21)24(27(34)36-7-2)25(23)31-28-30-22(17-37-28)20-15-13-18(3)14-16-20/h8-17,24-25,32H,6-7H2,1-5H3,(H,30,31). The van der Waals surface area contributed by atoms with Gasteiger partial charge in [0.15, 0.2) is 5.13 Å². The fourth-order valence-electron chi connectivity index (χ4n) is 4.88. The van der Waals surface area contributed by atoms with Crippen molar-refractivity contribution in [1.82, 2.24) is 10.3 Å². The number of aryl methyl sites for hydroxylation is 1. The lowest BCUT2D eigenvalue weighted by atomic mass is 9.70. The first-order valence-corrected chi connectivity index (χ1v) is 13.3. The second-order valence-corrected chi connectivity index (χ2v) is 10.1. The number of carbonyl (C=O) groups excluding carboxylic acids is 2. The fraction of sp³-hybridized carbons (Fsp3) is 0.345. The highest BCUT2D eigenvalue weighted by Gasteiger charge is 2.53. The Kier molecular flexibility index (Phi) is 7.97. The number of thiazole rings is 1. The van der Waals surface area contributed by atoms with Crippen LogP contribution in [0, 0.1) is 12.8 Å². The molecule has 0 saturated carbocycles. The third-order valence-corrected chi connectivity index (χ3v) is 7.43. The van der Waals surface area contributed by atoms with Crippen molar-refractivity contribution in [3.8, 4) is 11.3 Å². The summed E-state index contributed by atoms with van der Waals surface area (Å²) in [7, 11) is 0. The second-order valence-electron chi connectivity index (χ2n) is 9.21.